The lowest BCUT2D eigenvalue weighted by atomic mass is 10.0. The van der Waals surface area contributed by atoms with Gasteiger partial charge >= 0.3 is 0 Å². The molecule has 0 saturated carbocycles. The molecule has 2 N–H and O–H groups in total. The summed E-state index contributed by atoms with van der Waals surface area (Å²) in [6.45, 7) is 2.28. The van der Waals surface area contributed by atoms with Gasteiger partial charge in [-0.1, -0.05) is 18.2 Å². The molecule has 2 aromatic carbocycles. The summed E-state index contributed by atoms with van der Waals surface area (Å²) in [5.41, 5.74) is 8.20. The van der Waals surface area contributed by atoms with Crippen LogP contribution in [0.2, 0.25) is 0 Å². The van der Waals surface area contributed by atoms with E-state index in [2.05, 4.69) is 0 Å². The molecule has 1 unspecified atom stereocenters. The van der Waals surface area contributed by atoms with Crippen LogP contribution in [0.1, 0.15) is 16.8 Å². The van der Waals surface area contributed by atoms with E-state index in [4.69, 9.17) is 19.9 Å². The molecule has 0 aromatic heterocycles. The monoisotopic (exact) mass is 406 g/mol. The van der Waals surface area contributed by atoms with Crippen molar-refractivity contribution in [2.45, 2.75) is 12.5 Å². The second-order valence-corrected chi connectivity index (χ2v) is 6.47. The summed E-state index contributed by atoms with van der Waals surface area (Å²) in [6.07, 6.45) is 0.775. The van der Waals surface area contributed by atoms with Gasteiger partial charge in [0, 0.05) is 18.7 Å². The summed E-state index contributed by atoms with van der Waals surface area (Å²) in [6, 6.07) is 13.4. The van der Waals surface area contributed by atoms with Gasteiger partial charge in [-0.25, -0.2) is 0 Å². The van der Waals surface area contributed by atoms with Gasteiger partial charge in [-0.15, -0.1) is 12.4 Å². The summed E-state index contributed by atoms with van der Waals surface area (Å²) in [7, 11) is 3.22. The molecule has 3 rings (SSSR count). The number of rotatable bonds is 6. The van der Waals surface area contributed by atoms with Crippen LogP contribution in [0, 0.1) is 0 Å². The molecule has 1 saturated heterocycles. The Morgan fingerprint density at radius 1 is 1.14 bits per heavy atom. The van der Waals surface area contributed by atoms with Crippen molar-refractivity contribution in [1.29, 1.82) is 0 Å². The van der Waals surface area contributed by atoms with Crippen LogP contribution < -0.4 is 15.2 Å². The molecule has 1 fully saturated rings. The minimum Gasteiger partial charge on any atom is -0.493 e. The van der Waals surface area contributed by atoms with E-state index >= 15 is 0 Å². The normalized spacial score (nSPS) is 16.2. The van der Waals surface area contributed by atoms with Crippen molar-refractivity contribution in [1.82, 2.24) is 4.90 Å². The third-order valence-corrected chi connectivity index (χ3v) is 4.74. The molecule has 1 aliphatic heterocycles. The van der Waals surface area contributed by atoms with Gasteiger partial charge in [0.1, 0.15) is 0 Å². The number of nitrogens with zero attached hydrogens (tertiary/aromatic N) is 1. The van der Waals surface area contributed by atoms with Crippen molar-refractivity contribution < 1.29 is 19.0 Å². The molecule has 0 bridgehead atoms. The average Bonchev–Trinajstić information content (AvgIpc) is 2.73. The Kier molecular flexibility index (Phi) is 8.11. The van der Waals surface area contributed by atoms with Crippen LogP contribution in [0.5, 0.6) is 11.5 Å². The molecule has 1 amide bonds. The first kappa shape index (κ1) is 22.0. The quantitative estimate of drug-likeness (QED) is 0.798. The average molecular weight is 407 g/mol. The number of ether oxygens (including phenoxy) is 3. The first-order valence-corrected chi connectivity index (χ1v) is 9.09. The largest absolute Gasteiger partial charge is 0.493 e. The van der Waals surface area contributed by atoms with Crippen LogP contribution in [0.25, 0.3) is 11.1 Å². The highest BCUT2D eigenvalue weighted by Gasteiger charge is 2.24. The van der Waals surface area contributed by atoms with Gasteiger partial charge in [0.05, 0.1) is 26.9 Å². The number of hydrogen-bond donors (Lipinski definition) is 1. The molecule has 0 spiro atoms. The number of carbonyl (C=O) groups is 1. The number of hydrogen-bond acceptors (Lipinski definition) is 5. The van der Waals surface area contributed by atoms with Gasteiger partial charge < -0.3 is 24.8 Å². The fraction of sp³-hybridized carbons (Fsp3) is 0.381. The van der Waals surface area contributed by atoms with Crippen molar-refractivity contribution in [3.63, 3.8) is 0 Å². The van der Waals surface area contributed by atoms with Crippen molar-refractivity contribution in [2.75, 3.05) is 40.5 Å². The molecule has 0 aliphatic carbocycles. The highest BCUT2D eigenvalue weighted by Crippen LogP contribution is 2.32. The van der Waals surface area contributed by atoms with E-state index in [0.29, 0.717) is 43.3 Å². The first-order valence-electron chi connectivity index (χ1n) is 9.09. The van der Waals surface area contributed by atoms with E-state index in [1.165, 1.54) is 0 Å². The van der Waals surface area contributed by atoms with E-state index in [1.807, 2.05) is 47.4 Å². The molecule has 7 heteroatoms. The molecule has 1 heterocycles. The van der Waals surface area contributed by atoms with E-state index in [9.17, 15) is 4.79 Å². The Labute approximate surface area is 172 Å². The molecule has 152 valence electrons. The first-order chi connectivity index (χ1) is 13.2. The Hall–Kier alpha value is -2.28. The summed E-state index contributed by atoms with van der Waals surface area (Å²) in [5, 5.41) is 0. The van der Waals surface area contributed by atoms with Crippen LogP contribution in [0.3, 0.4) is 0 Å². The second-order valence-electron chi connectivity index (χ2n) is 6.47. The molecule has 6 nitrogen and oxygen atoms in total. The lowest BCUT2D eigenvalue weighted by Gasteiger charge is -2.33. The number of halogens is 1. The standard InChI is InChI=1S/C21H26N2O4.ClH/c1-25-19-7-6-16(13-20(19)26-2)15-4-3-5-17(12-15)21(24)23-10-11-27-18(14-23)8-9-22;/h3-7,12-13,18H,8-11,14,22H2,1-2H3;1H. The molecular formula is C21H27ClN2O4. The van der Waals surface area contributed by atoms with E-state index in [1.54, 1.807) is 14.2 Å². The summed E-state index contributed by atoms with van der Waals surface area (Å²) < 4.78 is 16.3. The maximum absolute atomic E-state index is 13.0. The van der Waals surface area contributed by atoms with Crippen LogP contribution in [0.15, 0.2) is 42.5 Å². The van der Waals surface area contributed by atoms with Gasteiger partial charge in [0.15, 0.2) is 11.5 Å². The van der Waals surface area contributed by atoms with Gasteiger partial charge in [-0.3, -0.25) is 4.79 Å². The van der Waals surface area contributed by atoms with Crippen LogP contribution in [0.4, 0.5) is 0 Å². The molecular weight excluding hydrogens is 380 g/mol. The Bertz CT molecular complexity index is 798. The number of benzene rings is 2. The fourth-order valence-electron chi connectivity index (χ4n) is 3.29. The Balaban J connectivity index is 0.00000280. The summed E-state index contributed by atoms with van der Waals surface area (Å²) in [4.78, 5) is 14.8. The van der Waals surface area contributed by atoms with Crippen LogP contribution in [-0.4, -0.2) is 57.4 Å². The zero-order valence-corrected chi connectivity index (χ0v) is 17.0. The molecule has 1 aliphatic rings. The van der Waals surface area contributed by atoms with Crippen molar-refractivity contribution in [3.8, 4) is 22.6 Å². The van der Waals surface area contributed by atoms with E-state index in [-0.39, 0.29) is 24.4 Å². The lowest BCUT2D eigenvalue weighted by Crippen LogP contribution is -2.46. The maximum atomic E-state index is 13.0. The molecule has 0 radical (unpaired) electrons. The zero-order valence-electron chi connectivity index (χ0n) is 16.2. The topological polar surface area (TPSA) is 74.0 Å². The third-order valence-electron chi connectivity index (χ3n) is 4.74. The van der Waals surface area contributed by atoms with Gasteiger partial charge in [-0.2, -0.15) is 0 Å². The summed E-state index contributed by atoms with van der Waals surface area (Å²) >= 11 is 0. The number of morpholine rings is 1. The third kappa shape index (κ3) is 4.95. The highest BCUT2D eigenvalue weighted by atomic mass is 35.5. The second kappa shape index (κ2) is 10.3. The molecule has 28 heavy (non-hydrogen) atoms. The smallest absolute Gasteiger partial charge is 0.254 e. The van der Waals surface area contributed by atoms with Crippen molar-refractivity contribution in [3.05, 3.63) is 48.0 Å². The number of carbonyl (C=O) groups excluding carboxylic acids is 1. The van der Waals surface area contributed by atoms with Gasteiger partial charge in [-0.05, 0) is 48.4 Å². The van der Waals surface area contributed by atoms with Crippen LogP contribution >= 0.6 is 12.4 Å². The predicted molar refractivity (Wildman–Crippen MR) is 112 cm³/mol. The summed E-state index contributed by atoms with van der Waals surface area (Å²) in [5.74, 6) is 1.35. The maximum Gasteiger partial charge on any atom is 0.254 e. The minimum atomic E-state index is 0. The number of methoxy groups -OCH3 is 2. The SMILES string of the molecule is COc1ccc(-c2cccc(C(=O)N3CCOC(CCN)C3)c2)cc1OC.Cl. The Morgan fingerprint density at radius 3 is 2.61 bits per heavy atom. The fourth-order valence-corrected chi connectivity index (χ4v) is 3.29. The minimum absolute atomic E-state index is 0. The molecule has 1 atom stereocenters. The van der Waals surface area contributed by atoms with Crippen molar-refractivity contribution in [2.24, 2.45) is 5.73 Å². The van der Waals surface area contributed by atoms with Gasteiger partial charge in [0.2, 0.25) is 0 Å². The number of amides is 1. The zero-order chi connectivity index (χ0) is 19.2. The molecule has 2 aromatic rings. The highest BCUT2D eigenvalue weighted by molar-refractivity contribution is 5.95. The lowest BCUT2D eigenvalue weighted by molar-refractivity contribution is -0.0236. The van der Waals surface area contributed by atoms with Gasteiger partial charge in [0.25, 0.3) is 5.91 Å². The Morgan fingerprint density at radius 2 is 1.89 bits per heavy atom. The number of nitrogens with two attached hydrogens (primary N) is 1. The van der Waals surface area contributed by atoms with Crippen LogP contribution in [-0.2, 0) is 4.74 Å². The van der Waals surface area contributed by atoms with E-state index < -0.39 is 0 Å². The van der Waals surface area contributed by atoms with Crippen molar-refractivity contribution >= 4 is 18.3 Å². The predicted octanol–water partition coefficient (Wildman–Crippen LogP) is 2.98. The van der Waals surface area contributed by atoms with E-state index in [0.717, 1.165) is 17.5 Å².